The normalized spacial score (nSPS) is 11.7. The Labute approximate surface area is 127 Å². The van der Waals surface area contributed by atoms with Crippen LogP contribution in [0.1, 0.15) is 30.7 Å². The van der Waals surface area contributed by atoms with Gasteiger partial charge in [-0.25, -0.2) is 9.37 Å². The van der Waals surface area contributed by atoms with Crippen molar-refractivity contribution in [2.24, 2.45) is 5.73 Å². The van der Waals surface area contributed by atoms with Crippen molar-refractivity contribution in [2.75, 3.05) is 0 Å². The second-order valence-corrected chi connectivity index (χ2v) is 6.11. The maximum Gasteiger partial charge on any atom is 0.141 e. The summed E-state index contributed by atoms with van der Waals surface area (Å²) in [6, 6.07) is 8.27. The largest absolute Gasteiger partial charge is 0.322 e. The van der Waals surface area contributed by atoms with E-state index in [0.29, 0.717) is 11.6 Å². The van der Waals surface area contributed by atoms with Gasteiger partial charge in [-0.2, -0.15) is 0 Å². The number of halogens is 3. The number of hydrogen-bond donors (Lipinski definition) is 1. The van der Waals surface area contributed by atoms with E-state index in [4.69, 9.17) is 28.9 Å². The van der Waals surface area contributed by atoms with Crippen LogP contribution in [0.3, 0.4) is 0 Å². The van der Waals surface area contributed by atoms with Crippen LogP contribution in [0.5, 0.6) is 0 Å². The molecule has 0 saturated carbocycles. The average molecular weight is 313 g/mol. The topological polar surface area (TPSA) is 38.9 Å². The Hall–Kier alpha value is -1.16. The Balaban J connectivity index is 2.33. The highest BCUT2D eigenvalue weighted by atomic mass is 35.5. The van der Waals surface area contributed by atoms with Crippen LogP contribution in [-0.2, 0) is 12.0 Å². The lowest BCUT2D eigenvalue weighted by Crippen LogP contribution is -2.28. The number of aromatic nitrogens is 1. The zero-order chi connectivity index (χ0) is 14.9. The second-order valence-electron chi connectivity index (χ2n) is 5.32. The maximum absolute atomic E-state index is 13.1. The van der Waals surface area contributed by atoms with E-state index in [1.54, 1.807) is 18.2 Å². The minimum absolute atomic E-state index is 0.101. The SMILES string of the molecule is CC(C)(N)c1cc(Cl)nc(Cc2ccc(F)c(Cl)c2)c1. The highest BCUT2D eigenvalue weighted by Gasteiger charge is 2.16. The molecule has 0 atom stereocenters. The van der Waals surface area contributed by atoms with Crippen molar-refractivity contribution >= 4 is 23.2 Å². The molecular weight excluding hydrogens is 298 g/mol. The minimum atomic E-state index is -0.498. The molecule has 1 aromatic carbocycles. The maximum atomic E-state index is 13.1. The highest BCUT2D eigenvalue weighted by molar-refractivity contribution is 6.30. The van der Waals surface area contributed by atoms with E-state index in [0.717, 1.165) is 16.8 Å². The summed E-state index contributed by atoms with van der Waals surface area (Å²) < 4.78 is 13.1. The summed E-state index contributed by atoms with van der Waals surface area (Å²) in [6.45, 7) is 3.80. The van der Waals surface area contributed by atoms with Gasteiger partial charge in [0.05, 0.1) is 5.02 Å². The molecule has 5 heteroatoms. The Bertz CT molecular complexity index is 636. The van der Waals surface area contributed by atoms with Crippen molar-refractivity contribution in [2.45, 2.75) is 25.8 Å². The summed E-state index contributed by atoms with van der Waals surface area (Å²) in [5.74, 6) is -0.432. The molecule has 0 fully saturated rings. The predicted octanol–water partition coefficient (Wildman–Crippen LogP) is 4.31. The first kappa shape index (κ1) is 15.2. The fourth-order valence-electron chi connectivity index (χ4n) is 1.87. The van der Waals surface area contributed by atoms with Crippen molar-refractivity contribution in [1.82, 2.24) is 4.98 Å². The number of rotatable bonds is 3. The molecule has 106 valence electrons. The molecule has 2 N–H and O–H groups in total. The van der Waals surface area contributed by atoms with Crippen molar-refractivity contribution in [3.63, 3.8) is 0 Å². The van der Waals surface area contributed by atoms with E-state index in [9.17, 15) is 4.39 Å². The van der Waals surface area contributed by atoms with Crippen LogP contribution in [0.4, 0.5) is 4.39 Å². The van der Waals surface area contributed by atoms with Crippen molar-refractivity contribution < 1.29 is 4.39 Å². The first-order valence-corrected chi connectivity index (χ1v) is 6.91. The third-order valence-electron chi connectivity index (χ3n) is 2.96. The van der Waals surface area contributed by atoms with Crippen LogP contribution in [0, 0.1) is 5.82 Å². The van der Waals surface area contributed by atoms with Gasteiger partial charge in [-0.3, -0.25) is 0 Å². The Morgan fingerprint density at radius 2 is 1.90 bits per heavy atom. The molecule has 0 aliphatic carbocycles. The molecule has 20 heavy (non-hydrogen) atoms. The van der Waals surface area contributed by atoms with Gasteiger partial charge in [-0.1, -0.05) is 29.3 Å². The summed E-state index contributed by atoms with van der Waals surface area (Å²) in [6.07, 6.45) is 0.517. The van der Waals surface area contributed by atoms with Gasteiger partial charge in [-0.15, -0.1) is 0 Å². The zero-order valence-electron chi connectivity index (χ0n) is 11.3. The van der Waals surface area contributed by atoms with Gasteiger partial charge in [0.25, 0.3) is 0 Å². The van der Waals surface area contributed by atoms with Gasteiger partial charge in [0, 0.05) is 17.7 Å². The lowest BCUT2D eigenvalue weighted by atomic mass is 9.95. The number of benzene rings is 1. The number of nitrogens with zero attached hydrogens (tertiary/aromatic N) is 1. The molecule has 1 aromatic heterocycles. The van der Waals surface area contributed by atoms with E-state index in [2.05, 4.69) is 4.98 Å². The van der Waals surface area contributed by atoms with Crippen LogP contribution in [0.15, 0.2) is 30.3 Å². The quantitative estimate of drug-likeness (QED) is 0.858. The number of hydrogen-bond acceptors (Lipinski definition) is 2. The Kier molecular flexibility index (Phi) is 4.33. The third kappa shape index (κ3) is 3.69. The summed E-state index contributed by atoms with van der Waals surface area (Å²) in [5.41, 5.74) is 8.12. The van der Waals surface area contributed by atoms with E-state index in [1.165, 1.54) is 6.07 Å². The molecular formula is C15H15Cl2FN2. The van der Waals surface area contributed by atoms with Crippen molar-refractivity contribution in [3.05, 3.63) is 63.1 Å². The molecule has 2 rings (SSSR count). The molecule has 0 spiro atoms. The van der Waals surface area contributed by atoms with E-state index in [-0.39, 0.29) is 5.02 Å². The van der Waals surface area contributed by atoms with Crippen molar-refractivity contribution in [1.29, 1.82) is 0 Å². The fraction of sp³-hybridized carbons (Fsp3) is 0.267. The lowest BCUT2D eigenvalue weighted by molar-refractivity contribution is 0.552. The molecule has 0 radical (unpaired) electrons. The standard InChI is InChI=1S/C15H15Cl2FN2/c1-15(2,19)10-7-11(20-14(17)8-10)5-9-3-4-13(18)12(16)6-9/h3-4,6-8H,5,19H2,1-2H3. The third-order valence-corrected chi connectivity index (χ3v) is 3.44. The first-order chi connectivity index (χ1) is 9.25. The van der Waals surface area contributed by atoms with Crippen LogP contribution in [-0.4, -0.2) is 4.98 Å². The summed E-state index contributed by atoms with van der Waals surface area (Å²) in [5, 5.41) is 0.494. The van der Waals surface area contributed by atoms with Gasteiger partial charge in [0.15, 0.2) is 0 Å². The van der Waals surface area contributed by atoms with Crippen LogP contribution in [0.25, 0.3) is 0 Å². The molecule has 1 heterocycles. The van der Waals surface area contributed by atoms with Crippen LogP contribution < -0.4 is 5.73 Å². The molecule has 0 saturated heterocycles. The van der Waals surface area contributed by atoms with Crippen LogP contribution >= 0.6 is 23.2 Å². The minimum Gasteiger partial charge on any atom is -0.322 e. The molecule has 0 amide bonds. The molecule has 2 nitrogen and oxygen atoms in total. The molecule has 0 aliphatic heterocycles. The van der Waals surface area contributed by atoms with E-state index in [1.807, 2.05) is 19.9 Å². The smallest absolute Gasteiger partial charge is 0.141 e. The number of pyridine rings is 1. The molecule has 0 bridgehead atoms. The van der Waals surface area contributed by atoms with Gasteiger partial charge in [0.2, 0.25) is 0 Å². The molecule has 0 aliphatic rings. The zero-order valence-corrected chi connectivity index (χ0v) is 12.8. The summed E-state index contributed by atoms with van der Waals surface area (Å²) in [7, 11) is 0. The average Bonchev–Trinajstić information content (AvgIpc) is 2.32. The second kappa shape index (κ2) is 5.68. The van der Waals surface area contributed by atoms with E-state index >= 15 is 0 Å². The van der Waals surface area contributed by atoms with Gasteiger partial charge in [-0.05, 0) is 49.2 Å². The fourth-order valence-corrected chi connectivity index (χ4v) is 2.30. The van der Waals surface area contributed by atoms with Gasteiger partial charge < -0.3 is 5.73 Å². The summed E-state index contributed by atoms with van der Waals surface area (Å²) in [4.78, 5) is 4.27. The van der Waals surface area contributed by atoms with Crippen LogP contribution in [0.2, 0.25) is 10.2 Å². The van der Waals surface area contributed by atoms with E-state index < -0.39 is 11.4 Å². The molecule has 0 unspecified atom stereocenters. The Morgan fingerprint density at radius 3 is 2.50 bits per heavy atom. The summed E-state index contributed by atoms with van der Waals surface area (Å²) >= 11 is 11.8. The monoisotopic (exact) mass is 312 g/mol. The lowest BCUT2D eigenvalue weighted by Gasteiger charge is -2.20. The highest BCUT2D eigenvalue weighted by Crippen LogP contribution is 2.23. The molecule has 2 aromatic rings. The predicted molar refractivity (Wildman–Crippen MR) is 80.7 cm³/mol. The first-order valence-electron chi connectivity index (χ1n) is 6.15. The van der Waals surface area contributed by atoms with Gasteiger partial charge >= 0.3 is 0 Å². The van der Waals surface area contributed by atoms with Gasteiger partial charge in [0.1, 0.15) is 11.0 Å². The number of nitrogens with two attached hydrogens (primary N) is 1. The van der Waals surface area contributed by atoms with Crippen molar-refractivity contribution in [3.8, 4) is 0 Å². The Morgan fingerprint density at radius 1 is 1.20 bits per heavy atom.